The van der Waals surface area contributed by atoms with E-state index in [9.17, 15) is 4.79 Å². The second-order valence-electron chi connectivity index (χ2n) is 4.07. The third-order valence-corrected chi connectivity index (χ3v) is 3.05. The monoisotopic (exact) mass is 219 g/mol. The summed E-state index contributed by atoms with van der Waals surface area (Å²) in [4.78, 5) is 15.3. The molecule has 0 amide bonds. The molecule has 0 N–H and O–H groups in total. The van der Waals surface area contributed by atoms with Gasteiger partial charge in [0, 0.05) is 12.8 Å². The molecule has 0 heterocycles. The van der Waals surface area contributed by atoms with E-state index in [-0.39, 0.29) is 0 Å². The highest BCUT2D eigenvalue weighted by Gasteiger charge is 2.47. The van der Waals surface area contributed by atoms with Gasteiger partial charge < -0.3 is 4.74 Å². The fraction of sp³-hybridized carbons (Fsp3) is 0.538. The van der Waals surface area contributed by atoms with Crippen LogP contribution < -0.4 is 0 Å². The molecule has 0 bridgehead atoms. The summed E-state index contributed by atoms with van der Waals surface area (Å²) in [6.45, 7) is 17.1. The van der Waals surface area contributed by atoms with Crippen molar-refractivity contribution in [3.63, 3.8) is 0 Å². The molecule has 1 fully saturated rings. The summed E-state index contributed by atoms with van der Waals surface area (Å²) in [6.07, 6.45) is 2.29. The lowest BCUT2D eigenvalue weighted by Gasteiger charge is -2.17. The fourth-order valence-corrected chi connectivity index (χ4v) is 1.82. The van der Waals surface area contributed by atoms with Gasteiger partial charge in [-0.1, -0.05) is 24.3 Å². The van der Waals surface area contributed by atoms with Gasteiger partial charge in [0.2, 0.25) is 0 Å². The Kier molecular flexibility index (Phi) is 3.89. The van der Waals surface area contributed by atoms with Crippen molar-refractivity contribution in [2.24, 2.45) is 0 Å². The van der Waals surface area contributed by atoms with Crippen LogP contribution in [0, 0.1) is 6.57 Å². The molecule has 0 aromatic heterocycles. The minimum absolute atomic E-state index is 0.317. The van der Waals surface area contributed by atoms with Crippen molar-refractivity contribution in [3.8, 4) is 0 Å². The Morgan fingerprint density at radius 1 is 1.44 bits per heavy atom. The molecule has 0 atom stereocenters. The number of rotatable bonds is 2. The van der Waals surface area contributed by atoms with Crippen LogP contribution in [0.25, 0.3) is 4.85 Å². The molecule has 3 heteroatoms. The van der Waals surface area contributed by atoms with Crippen LogP contribution in [0.1, 0.15) is 32.6 Å². The van der Waals surface area contributed by atoms with Gasteiger partial charge in [0.25, 0.3) is 0 Å². The van der Waals surface area contributed by atoms with Crippen LogP contribution in [0.3, 0.4) is 0 Å². The summed E-state index contributed by atoms with van der Waals surface area (Å²) in [7, 11) is 0. The Bertz CT molecular complexity index is 345. The molecular weight excluding hydrogens is 202 g/mol. The zero-order valence-corrected chi connectivity index (χ0v) is 9.71. The smallest absolute Gasteiger partial charge is 0.393 e. The van der Waals surface area contributed by atoms with E-state index in [1.54, 1.807) is 6.92 Å². The summed E-state index contributed by atoms with van der Waals surface area (Å²) >= 11 is 0. The average molecular weight is 219 g/mol. The highest BCUT2D eigenvalue weighted by molar-refractivity contribution is 5.83. The Labute approximate surface area is 96.6 Å². The molecule has 1 aliphatic carbocycles. The van der Waals surface area contributed by atoms with Crippen molar-refractivity contribution in [2.75, 3.05) is 6.61 Å². The molecule has 0 unspecified atom stereocenters. The fourth-order valence-electron chi connectivity index (χ4n) is 1.82. The second-order valence-corrected chi connectivity index (χ2v) is 4.07. The van der Waals surface area contributed by atoms with Gasteiger partial charge in [0.15, 0.2) is 0 Å². The van der Waals surface area contributed by atoms with E-state index in [0.717, 1.165) is 11.1 Å². The molecule has 0 aromatic rings. The molecule has 16 heavy (non-hydrogen) atoms. The molecule has 1 rings (SSSR count). The molecule has 0 radical (unpaired) electrons. The molecule has 0 aromatic carbocycles. The highest BCUT2D eigenvalue weighted by Crippen LogP contribution is 2.35. The molecule has 0 saturated heterocycles. The number of nitrogens with zero attached hydrogens (tertiary/aromatic N) is 1. The normalized spacial score (nSPS) is 19.8. The number of esters is 1. The number of carbonyl (C=O) groups excluding carboxylic acids is 1. The predicted molar refractivity (Wildman–Crippen MR) is 62.7 cm³/mol. The van der Waals surface area contributed by atoms with Gasteiger partial charge in [0.1, 0.15) is 0 Å². The van der Waals surface area contributed by atoms with Crippen molar-refractivity contribution >= 4 is 5.97 Å². The lowest BCUT2D eigenvalue weighted by Crippen LogP contribution is -2.36. The first-order valence-electron chi connectivity index (χ1n) is 5.47. The van der Waals surface area contributed by atoms with Gasteiger partial charge in [-0.05, 0) is 19.8 Å². The summed E-state index contributed by atoms with van der Waals surface area (Å²) < 4.78 is 4.99. The van der Waals surface area contributed by atoms with Crippen LogP contribution >= 0.6 is 0 Å². The van der Waals surface area contributed by atoms with E-state index in [1.807, 2.05) is 0 Å². The van der Waals surface area contributed by atoms with Gasteiger partial charge >= 0.3 is 11.5 Å². The topological polar surface area (TPSA) is 30.7 Å². The van der Waals surface area contributed by atoms with Crippen molar-refractivity contribution in [3.05, 3.63) is 35.7 Å². The molecule has 0 aliphatic heterocycles. The maximum absolute atomic E-state index is 11.8. The number of carbonyl (C=O) groups is 1. The van der Waals surface area contributed by atoms with Crippen LogP contribution in [0.2, 0.25) is 0 Å². The summed E-state index contributed by atoms with van der Waals surface area (Å²) in [6, 6.07) is 0. The van der Waals surface area contributed by atoms with E-state index >= 15 is 0 Å². The molecule has 1 saturated carbocycles. The van der Waals surface area contributed by atoms with E-state index in [4.69, 9.17) is 11.3 Å². The average Bonchev–Trinajstić information content (AvgIpc) is 2.42. The molecular formula is C13H17NO2. The van der Waals surface area contributed by atoms with Gasteiger partial charge in [-0.2, -0.15) is 0 Å². The molecule has 3 nitrogen and oxygen atoms in total. The second kappa shape index (κ2) is 4.98. The lowest BCUT2D eigenvalue weighted by molar-refractivity contribution is -0.148. The predicted octanol–water partition coefficient (Wildman–Crippen LogP) is 2.89. The Hall–Kier alpha value is -1.56. The van der Waals surface area contributed by atoms with Crippen molar-refractivity contribution in [2.45, 2.75) is 38.1 Å². The SMILES string of the molecule is [C-]#[N+]C1(C(=O)OCC)CCC(=C)C(=C)CC1. The standard InChI is InChI=1S/C13H17NO2/c1-5-16-12(15)13(14-4)8-6-10(2)11(3)7-9-13/h2-3,5-9H2,1H3. The Balaban J connectivity index is 2.89. The number of hydrogen-bond donors (Lipinski definition) is 0. The van der Waals surface area contributed by atoms with Crippen molar-refractivity contribution < 1.29 is 9.53 Å². The molecule has 0 spiro atoms. The molecule has 1 aliphatic rings. The summed E-state index contributed by atoms with van der Waals surface area (Å²) in [5, 5.41) is 0. The van der Waals surface area contributed by atoms with E-state index in [1.165, 1.54) is 0 Å². The third kappa shape index (κ3) is 2.33. The number of allylic oxidation sites excluding steroid dienone is 2. The first-order valence-corrected chi connectivity index (χ1v) is 5.47. The Morgan fingerprint density at radius 2 is 1.94 bits per heavy atom. The number of hydrogen-bond acceptors (Lipinski definition) is 2. The van der Waals surface area contributed by atoms with Crippen LogP contribution in [0.15, 0.2) is 24.3 Å². The summed E-state index contributed by atoms with van der Waals surface area (Å²) in [5.41, 5.74) is 0.892. The third-order valence-electron chi connectivity index (χ3n) is 3.05. The van der Waals surface area contributed by atoms with E-state index < -0.39 is 11.5 Å². The van der Waals surface area contributed by atoms with Crippen LogP contribution in [0.4, 0.5) is 0 Å². The number of ether oxygens (including phenoxy) is 1. The zero-order valence-electron chi connectivity index (χ0n) is 9.71. The maximum Gasteiger partial charge on any atom is 0.393 e. The van der Waals surface area contributed by atoms with Crippen LogP contribution in [-0.4, -0.2) is 18.1 Å². The van der Waals surface area contributed by atoms with E-state index in [0.29, 0.717) is 32.3 Å². The van der Waals surface area contributed by atoms with Crippen molar-refractivity contribution in [1.82, 2.24) is 0 Å². The van der Waals surface area contributed by atoms with Gasteiger partial charge in [-0.15, -0.1) is 0 Å². The zero-order chi connectivity index (χ0) is 12.2. The highest BCUT2D eigenvalue weighted by atomic mass is 16.5. The Morgan fingerprint density at radius 3 is 2.31 bits per heavy atom. The van der Waals surface area contributed by atoms with Crippen LogP contribution in [-0.2, 0) is 9.53 Å². The minimum atomic E-state index is -1.02. The maximum atomic E-state index is 11.8. The lowest BCUT2D eigenvalue weighted by atomic mass is 9.91. The quantitative estimate of drug-likeness (QED) is 0.406. The van der Waals surface area contributed by atoms with Gasteiger partial charge in [-0.3, -0.25) is 4.85 Å². The van der Waals surface area contributed by atoms with Crippen molar-refractivity contribution in [1.29, 1.82) is 0 Å². The first-order chi connectivity index (χ1) is 7.55. The van der Waals surface area contributed by atoms with Crippen LogP contribution in [0.5, 0.6) is 0 Å². The molecule has 86 valence electrons. The van der Waals surface area contributed by atoms with Gasteiger partial charge in [0.05, 0.1) is 6.61 Å². The van der Waals surface area contributed by atoms with Gasteiger partial charge in [-0.25, -0.2) is 11.4 Å². The largest absolute Gasteiger partial charge is 0.460 e. The van der Waals surface area contributed by atoms with E-state index in [2.05, 4.69) is 18.0 Å². The first kappa shape index (κ1) is 12.5. The summed E-state index contributed by atoms with van der Waals surface area (Å²) in [5.74, 6) is -0.396. The minimum Gasteiger partial charge on any atom is -0.460 e.